The van der Waals surface area contributed by atoms with Crippen molar-refractivity contribution >= 4 is 17.5 Å². The second kappa shape index (κ2) is 8.52. The van der Waals surface area contributed by atoms with E-state index in [1.165, 1.54) is 11.0 Å². The van der Waals surface area contributed by atoms with Crippen LogP contribution in [0.5, 0.6) is 0 Å². The molecule has 1 N–H and O–H groups in total. The lowest BCUT2D eigenvalue weighted by Gasteiger charge is -2.11. The highest BCUT2D eigenvalue weighted by Crippen LogP contribution is 2.25. The molecule has 0 atom stereocenters. The van der Waals surface area contributed by atoms with Crippen molar-refractivity contribution in [2.45, 2.75) is 12.8 Å². The number of carbonyl (C=O) groups is 2. The van der Waals surface area contributed by atoms with E-state index in [1.54, 1.807) is 68.7 Å². The molecular formula is C22H21FN2O3. The van der Waals surface area contributed by atoms with Gasteiger partial charge in [0.2, 0.25) is 5.91 Å². The first-order valence-electron chi connectivity index (χ1n) is 8.89. The average molecular weight is 380 g/mol. The highest BCUT2D eigenvalue weighted by atomic mass is 19.1. The number of aryl methyl sites for hydroxylation is 1. The molecule has 0 aliphatic heterocycles. The molecule has 0 bridgehead atoms. The lowest BCUT2D eigenvalue weighted by Crippen LogP contribution is -2.22. The van der Waals surface area contributed by atoms with E-state index >= 15 is 0 Å². The quantitative estimate of drug-likeness (QED) is 0.691. The van der Waals surface area contributed by atoms with E-state index in [0.717, 1.165) is 0 Å². The van der Waals surface area contributed by atoms with Crippen LogP contribution in [0.15, 0.2) is 65.1 Å². The Morgan fingerprint density at radius 1 is 1.04 bits per heavy atom. The van der Waals surface area contributed by atoms with Gasteiger partial charge in [0.05, 0.1) is 5.56 Å². The molecule has 3 aromatic rings. The second-order valence-corrected chi connectivity index (χ2v) is 6.57. The summed E-state index contributed by atoms with van der Waals surface area (Å²) in [6.07, 6.45) is 0.590. The van der Waals surface area contributed by atoms with Gasteiger partial charge < -0.3 is 14.6 Å². The molecule has 28 heavy (non-hydrogen) atoms. The van der Waals surface area contributed by atoms with E-state index in [2.05, 4.69) is 5.32 Å². The maximum Gasteiger partial charge on any atom is 0.253 e. The van der Waals surface area contributed by atoms with E-state index in [1.807, 2.05) is 0 Å². The molecule has 5 nitrogen and oxygen atoms in total. The highest BCUT2D eigenvalue weighted by Gasteiger charge is 2.12. The zero-order chi connectivity index (χ0) is 20.1. The summed E-state index contributed by atoms with van der Waals surface area (Å²) in [6.45, 7) is 0. The monoisotopic (exact) mass is 380 g/mol. The Balaban J connectivity index is 1.59. The number of halogens is 1. The number of nitrogens with one attached hydrogen (secondary N) is 1. The number of hydrogen-bond donors (Lipinski definition) is 1. The number of anilines is 1. The molecule has 0 spiro atoms. The van der Waals surface area contributed by atoms with Crippen LogP contribution >= 0.6 is 0 Å². The topological polar surface area (TPSA) is 62.6 Å². The van der Waals surface area contributed by atoms with Gasteiger partial charge in [0.1, 0.15) is 17.3 Å². The van der Waals surface area contributed by atoms with Gasteiger partial charge in [-0.05, 0) is 42.5 Å². The first kappa shape index (κ1) is 19.4. The molecule has 144 valence electrons. The van der Waals surface area contributed by atoms with Crippen LogP contribution in [-0.2, 0) is 11.2 Å². The van der Waals surface area contributed by atoms with Gasteiger partial charge in [-0.3, -0.25) is 9.59 Å². The van der Waals surface area contributed by atoms with Crippen molar-refractivity contribution in [1.29, 1.82) is 0 Å². The van der Waals surface area contributed by atoms with Crippen LogP contribution in [0, 0.1) is 5.82 Å². The fourth-order valence-corrected chi connectivity index (χ4v) is 2.77. The van der Waals surface area contributed by atoms with Gasteiger partial charge in [-0.2, -0.15) is 0 Å². The summed E-state index contributed by atoms with van der Waals surface area (Å²) in [4.78, 5) is 25.7. The van der Waals surface area contributed by atoms with Crippen molar-refractivity contribution < 1.29 is 18.4 Å². The van der Waals surface area contributed by atoms with Crippen LogP contribution in [0.3, 0.4) is 0 Å². The van der Waals surface area contributed by atoms with E-state index in [0.29, 0.717) is 34.8 Å². The second-order valence-electron chi connectivity index (χ2n) is 6.57. The molecule has 6 heteroatoms. The van der Waals surface area contributed by atoms with Gasteiger partial charge in [0.25, 0.3) is 5.91 Å². The summed E-state index contributed by atoms with van der Waals surface area (Å²) in [5.41, 5.74) is 1.45. The fraction of sp³-hybridized carbons (Fsp3) is 0.182. The van der Waals surface area contributed by atoms with Crippen LogP contribution < -0.4 is 5.32 Å². The molecule has 0 saturated heterocycles. The van der Waals surface area contributed by atoms with E-state index in [-0.39, 0.29) is 24.1 Å². The number of nitrogens with zero attached hydrogens (tertiary/aromatic N) is 1. The predicted octanol–water partition coefficient (Wildman–Crippen LogP) is 4.36. The van der Waals surface area contributed by atoms with Crippen molar-refractivity contribution in [2.24, 2.45) is 0 Å². The normalized spacial score (nSPS) is 10.5. The van der Waals surface area contributed by atoms with Gasteiger partial charge in [0.15, 0.2) is 0 Å². The lowest BCUT2D eigenvalue weighted by atomic mass is 10.1. The lowest BCUT2D eigenvalue weighted by molar-refractivity contribution is -0.116. The smallest absolute Gasteiger partial charge is 0.253 e. The zero-order valence-corrected chi connectivity index (χ0v) is 15.7. The molecule has 2 amide bonds. The van der Waals surface area contributed by atoms with Gasteiger partial charge in [-0.1, -0.05) is 18.2 Å². The molecular weight excluding hydrogens is 359 g/mol. The number of rotatable bonds is 6. The van der Waals surface area contributed by atoms with Crippen molar-refractivity contribution in [3.8, 4) is 11.3 Å². The third-order valence-corrected chi connectivity index (χ3v) is 4.20. The summed E-state index contributed by atoms with van der Waals surface area (Å²) in [6, 6.07) is 16.6. The Morgan fingerprint density at radius 2 is 1.82 bits per heavy atom. The fourth-order valence-electron chi connectivity index (χ4n) is 2.77. The minimum atomic E-state index is -0.353. The molecule has 1 heterocycles. The molecule has 1 aromatic heterocycles. The summed E-state index contributed by atoms with van der Waals surface area (Å²) >= 11 is 0. The van der Waals surface area contributed by atoms with E-state index < -0.39 is 0 Å². The number of carbonyl (C=O) groups excluding carboxylic acids is 2. The summed E-state index contributed by atoms with van der Waals surface area (Å²) in [5, 5.41) is 2.78. The number of furan rings is 1. The summed E-state index contributed by atoms with van der Waals surface area (Å²) in [5.74, 6) is 0.354. The molecule has 0 fully saturated rings. The van der Waals surface area contributed by atoms with Crippen molar-refractivity contribution in [3.63, 3.8) is 0 Å². The average Bonchev–Trinajstić information content (AvgIpc) is 3.15. The maximum atomic E-state index is 13.8. The molecule has 0 saturated carbocycles. The van der Waals surface area contributed by atoms with Gasteiger partial charge >= 0.3 is 0 Å². The summed E-state index contributed by atoms with van der Waals surface area (Å²) < 4.78 is 19.5. The number of hydrogen-bond acceptors (Lipinski definition) is 3. The van der Waals surface area contributed by atoms with Crippen LogP contribution in [0.2, 0.25) is 0 Å². The van der Waals surface area contributed by atoms with E-state index in [9.17, 15) is 14.0 Å². The minimum absolute atomic E-state index is 0.132. The molecule has 0 radical (unpaired) electrons. The number of benzene rings is 2. The molecule has 2 aromatic carbocycles. The largest absolute Gasteiger partial charge is 0.461 e. The standard InChI is InChI=1S/C22H21FN2O3/c1-25(2)22(27)15-6-5-7-16(14-15)24-21(26)13-11-17-10-12-20(28-17)18-8-3-4-9-19(18)23/h3-10,12,14H,11,13H2,1-2H3,(H,24,26). The highest BCUT2D eigenvalue weighted by molar-refractivity contribution is 5.97. The van der Waals surface area contributed by atoms with Gasteiger partial charge in [-0.25, -0.2) is 4.39 Å². The molecule has 0 unspecified atom stereocenters. The Kier molecular flexibility index (Phi) is 5.89. The van der Waals surface area contributed by atoms with Crippen molar-refractivity contribution in [2.75, 3.05) is 19.4 Å². The SMILES string of the molecule is CN(C)C(=O)c1cccc(NC(=O)CCc2ccc(-c3ccccc3F)o2)c1. The Labute approximate surface area is 162 Å². The molecule has 3 rings (SSSR count). The third-order valence-electron chi connectivity index (χ3n) is 4.20. The first-order chi connectivity index (χ1) is 13.4. The Morgan fingerprint density at radius 3 is 2.57 bits per heavy atom. The molecule has 0 aliphatic rings. The first-order valence-corrected chi connectivity index (χ1v) is 8.89. The van der Waals surface area contributed by atoms with Crippen LogP contribution in [0.1, 0.15) is 22.5 Å². The van der Waals surface area contributed by atoms with Crippen LogP contribution in [0.25, 0.3) is 11.3 Å². The Hall–Kier alpha value is -3.41. The summed E-state index contributed by atoms with van der Waals surface area (Å²) in [7, 11) is 3.35. The Bertz CT molecular complexity index is 995. The minimum Gasteiger partial charge on any atom is -0.461 e. The number of amides is 2. The van der Waals surface area contributed by atoms with Crippen molar-refractivity contribution in [1.82, 2.24) is 4.90 Å². The maximum absolute atomic E-state index is 13.8. The van der Waals surface area contributed by atoms with Crippen LogP contribution in [0.4, 0.5) is 10.1 Å². The molecule has 0 aliphatic carbocycles. The van der Waals surface area contributed by atoms with E-state index in [4.69, 9.17) is 4.42 Å². The van der Waals surface area contributed by atoms with Gasteiger partial charge in [0, 0.05) is 38.2 Å². The zero-order valence-electron chi connectivity index (χ0n) is 15.7. The predicted molar refractivity (Wildman–Crippen MR) is 106 cm³/mol. The van der Waals surface area contributed by atoms with Gasteiger partial charge in [-0.15, -0.1) is 0 Å². The van der Waals surface area contributed by atoms with Crippen molar-refractivity contribution in [3.05, 3.63) is 77.8 Å². The third kappa shape index (κ3) is 4.65. The van der Waals surface area contributed by atoms with Crippen LogP contribution in [-0.4, -0.2) is 30.8 Å².